The van der Waals surface area contributed by atoms with Gasteiger partial charge in [0.2, 0.25) is 5.91 Å². The molecule has 0 saturated carbocycles. The molecule has 0 radical (unpaired) electrons. The number of hydrogen-bond acceptors (Lipinski definition) is 2. The van der Waals surface area contributed by atoms with Crippen LogP contribution in [0.3, 0.4) is 0 Å². The number of carbonyl (C=O) groups excluding carboxylic acids is 1. The first-order chi connectivity index (χ1) is 8.68. The van der Waals surface area contributed by atoms with E-state index in [0.717, 1.165) is 18.4 Å². The molecule has 0 spiro atoms. The van der Waals surface area contributed by atoms with Crippen molar-refractivity contribution in [2.45, 2.75) is 19.4 Å². The molecule has 1 aliphatic heterocycles. The number of ether oxygens (including phenoxy) is 1. The molecule has 1 heterocycles. The van der Waals surface area contributed by atoms with E-state index >= 15 is 0 Å². The Morgan fingerprint density at radius 1 is 1.39 bits per heavy atom. The van der Waals surface area contributed by atoms with Gasteiger partial charge in [-0.3, -0.25) is 4.79 Å². The summed E-state index contributed by atoms with van der Waals surface area (Å²) in [5.41, 5.74) is 0.988. The van der Waals surface area contributed by atoms with Crippen molar-refractivity contribution in [3.05, 3.63) is 34.9 Å². The number of nitrogens with zero attached hydrogens (tertiary/aromatic N) is 1. The highest BCUT2D eigenvalue weighted by molar-refractivity contribution is 6.31. The summed E-state index contributed by atoms with van der Waals surface area (Å²) >= 11 is 6.10. The lowest BCUT2D eigenvalue weighted by atomic mass is 9.98. The third kappa shape index (κ3) is 3.24. The number of benzene rings is 1. The van der Waals surface area contributed by atoms with E-state index in [2.05, 4.69) is 0 Å². The minimum atomic E-state index is 0.103. The van der Waals surface area contributed by atoms with Gasteiger partial charge in [-0.05, 0) is 24.5 Å². The molecule has 0 N–H and O–H groups in total. The van der Waals surface area contributed by atoms with Crippen LogP contribution in [0.1, 0.15) is 18.4 Å². The van der Waals surface area contributed by atoms with Crippen LogP contribution in [0.15, 0.2) is 24.3 Å². The summed E-state index contributed by atoms with van der Waals surface area (Å²) < 4.78 is 5.28. The van der Waals surface area contributed by atoms with Gasteiger partial charge < -0.3 is 9.64 Å². The Bertz CT molecular complexity index is 416. The molecule has 1 fully saturated rings. The van der Waals surface area contributed by atoms with Gasteiger partial charge in [0.1, 0.15) is 0 Å². The molecule has 0 bridgehead atoms. The van der Waals surface area contributed by atoms with Crippen molar-refractivity contribution in [3.8, 4) is 0 Å². The lowest BCUT2D eigenvalue weighted by Gasteiger charge is -2.26. The second kappa shape index (κ2) is 6.21. The predicted molar refractivity (Wildman–Crippen MR) is 71.5 cm³/mol. The largest absolute Gasteiger partial charge is 0.381 e. The van der Waals surface area contributed by atoms with Crippen LogP contribution in [-0.4, -0.2) is 31.1 Å². The predicted octanol–water partition coefficient (Wildman–Crippen LogP) is 2.73. The van der Waals surface area contributed by atoms with Crippen molar-refractivity contribution >= 4 is 17.5 Å². The Morgan fingerprint density at radius 3 is 2.72 bits per heavy atom. The topological polar surface area (TPSA) is 29.5 Å². The SMILES string of the molecule is CN(Cc1ccccc1Cl)C(=O)C1CCOCC1. The molecule has 1 aromatic carbocycles. The molecule has 18 heavy (non-hydrogen) atoms. The Morgan fingerprint density at radius 2 is 2.06 bits per heavy atom. The third-order valence-corrected chi connectivity index (χ3v) is 3.68. The fourth-order valence-electron chi connectivity index (χ4n) is 2.22. The molecule has 3 nitrogen and oxygen atoms in total. The molecule has 0 atom stereocenters. The fourth-order valence-corrected chi connectivity index (χ4v) is 2.41. The van der Waals surface area contributed by atoms with Gasteiger partial charge in [0.15, 0.2) is 0 Å². The van der Waals surface area contributed by atoms with E-state index in [-0.39, 0.29) is 11.8 Å². The van der Waals surface area contributed by atoms with Crippen LogP contribution in [0.5, 0.6) is 0 Å². The second-order valence-electron chi connectivity index (χ2n) is 4.67. The molecule has 0 unspecified atom stereocenters. The minimum absolute atomic E-state index is 0.103. The normalized spacial score (nSPS) is 16.6. The van der Waals surface area contributed by atoms with Crippen LogP contribution >= 0.6 is 11.6 Å². The first-order valence-electron chi connectivity index (χ1n) is 6.24. The van der Waals surface area contributed by atoms with E-state index in [0.29, 0.717) is 24.8 Å². The van der Waals surface area contributed by atoms with E-state index in [1.807, 2.05) is 31.3 Å². The first-order valence-corrected chi connectivity index (χ1v) is 6.62. The zero-order valence-electron chi connectivity index (χ0n) is 10.6. The Labute approximate surface area is 113 Å². The molecule has 1 aromatic rings. The number of carbonyl (C=O) groups is 1. The zero-order chi connectivity index (χ0) is 13.0. The summed E-state index contributed by atoms with van der Waals surface area (Å²) in [6.07, 6.45) is 1.65. The fraction of sp³-hybridized carbons (Fsp3) is 0.500. The summed E-state index contributed by atoms with van der Waals surface area (Å²) in [6, 6.07) is 7.64. The molecule has 1 amide bonds. The molecule has 0 aromatic heterocycles. The second-order valence-corrected chi connectivity index (χ2v) is 5.08. The number of rotatable bonds is 3. The van der Waals surface area contributed by atoms with Gasteiger partial charge in [0, 0.05) is 37.7 Å². The highest BCUT2D eigenvalue weighted by Crippen LogP contribution is 2.20. The van der Waals surface area contributed by atoms with Crippen LogP contribution < -0.4 is 0 Å². The minimum Gasteiger partial charge on any atom is -0.381 e. The van der Waals surface area contributed by atoms with Gasteiger partial charge in [0.25, 0.3) is 0 Å². The molecule has 1 saturated heterocycles. The van der Waals surface area contributed by atoms with Gasteiger partial charge >= 0.3 is 0 Å². The summed E-state index contributed by atoms with van der Waals surface area (Å²) in [5.74, 6) is 0.296. The maximum absolute atomic E-state index is 12.2. The van der Waals surface area contributed by atoms with Crippen LogP contribution in [-0.2, 0) is 16.1 Å². The van der Waals surface area contributed by atoms with Gasteiger partial charge in [-0.25, -0.2) is 0 Å². The lowest BCUT2D eigenvalue weighted by Crippen LogP contribution is -2.35. The molecular weight excluding hydrogens is 250 g/mol. The van der Waals surface area contributed by atoms with Crippen molar-refractivity contribution in [1.29, 1.82) is 0 Å². The Hall–Kier alpha value is -1.06. The maximum atomic E-state index is 12.2. The van der Waals surface area contributed by atoms with E-state index in [1.165, 1.54) is 0 Å². The molecular formula is C14H18ClNO2. The molecule has 4 heteroatoms. The summed E-state index contributed by atoms with van der Waals surface area (Å²) in [6.45, 7) is 1.95. The number of hydrogen-bond donors (Lipinski definition) is 0. The average molecular weight is 268 g/mol. The van der Waals surface area contributed by atoms with E-state index in [4.69, 9.17) is 16.3 Å². The van der Waals surface area contributed by atoms with E-state index < -0.39 is 0 Å². The van der Waals surface area contributed by atoms with E-state index in [1.54, 1.807) is 4.90 Å². The number of halogens is 1. The zero-order valence-corrected chi connectivity index (χ0v) is 11.3. The molecule has 1 aliphatic rings. The van der Waals surface area contributed by atoms with Crippen LogP contribution in [0.2, 0.25) is 5.02 Å². The maximum Gasteiger partial charge on any atom is 0.225 e. The highest BCUT2D eigenvalue weighted by Gasteiger charge is 2.24. The third-order valence-electron chi connectivity index (χ3n) is 3.31. The summed E-state index contributed by atoms with van der Waals surface area (Å²) in [5, 5.41) is 0.712. The van der Waals surface area contributed by atoms with Gasteiger partial charge in [-0.2, -0.15) is 0 Å². The average Bonchev–Trinajstić information content (AvgIpc) is 2.41. The molecule has 2 rings (SSSR count). The molecule has 0 aliphatic carbocycles. The highest BCUT2D eigenvalue weighted by atomic mass is 35.5. The summed E-state index contributed by atoms with van der Waals surface area (Å²) in [7, 11) is 1.83. The Balaban J connectivity index is 1.96. The number of amides is 1. The first kappa shape index (κ1) is 13.4. The molecule has 98 valence electrons. The van der Waals surface area contributed by atoms with Crippen LogP contribution in [0.25, 0.3) is 0 Å². The van der Waals surface area contributed by atoms with Crippen molar-refractivity contribution in [3.63, 3.8) is 0 Å². The van der Waals surface area contributed by atoms with Gasteiger partial charge in [-0.1, -0.05) is 29.8 Å². The van der Waals surface area contributed by atoms with Crippen molar-refractivity contribution in [2.75, 3.05) is 20.3 Å². The van der Waals surface area contributed by atoms with Crippen LogP contribution in [0.4, 0.5) is 0 Å². The smallest absolute Gasteiger partial charge is 0.225 e. The lowest BCUT2D eigenvalue weighted by molar-refractivity contribution is -0.137. The standard InChI is InChI=1S/C14H18ClNO2/c1-16(10-12-4-2-3-5-13(12)15)14(17)11-6-8-18-9-7-11/h2-5,11H,6-10H2,1H3. The van der Waals surface area contributed by atoms with Crippen LogP contribution in [0, 0.1) is 5.92 Å². The Kier molecular flexibility index (Phi) is 4.61. The van der Waals surface area contributed by atoms with Gasteiger partial charge in [-0.15, -0.1) is 0 Å². The van der Waals surface area contributed by atoms with Crippen molar-refractivity contribution in [2.24, 2.45) is 5.92 Å². The van der Waals surface area contributed by atoms with Crippen molar-refractivity contribution in [1.82, 2.24) is 4.90 Å². The van der Waals surface area contributed by atoms with E-state index in [9.17, 15) is 4.79 Å². The quantitative estimate of drug-likeness (QED) is 0.843. The monoisotopic (exact) mass is 267 g/mol. The summed E-state index contributed by atoms with van der Waals surface area (Å²) in [4.78, 5) is 14.0. The van der Waals surface area contributed by atoms with Gasteiger partial charge in [0.05, 0.1) is 0 Å². The van der Waals surface area contributed by atoms with Crippen molar-refractivity contribution < 1.29 is 9.53 Å².